The first-order chi connectivity index (χ1) is 8.78. The zero-order chi connectivity index (χ0) is 12.5. The molecular formula is C14H17FN2S. The van der Waals surface area contributed by atoms with E-state index < -0.39 is 0 Å². The number of halogens is 1. The van der Waals surface area contributed by atoms with E-state index in [4.69, 9.17) is 4.98 Å². The van der Waals surface area contributed by atoms with Gasteiger partial charge in [0.15, 0.2) is 5.13 Å². The van der Waals surface area contributed by atoms with Crippen LogP contribution in [-0.4, -0.2) is 24.7 Å². The van der Waals surface area contributed by atoms with E-state index in [9.17, 15) is 4.39 Å². The summed E-state index contributed by atoms with van der Waals surface area (Å²) < 4.78 is 14.0. The van der Waals surface area contributed by atoms with E-state index in [-0.39, 0.29) is 12.6 Å². The van der Waals surface area contributed by atoms with Crippen LogP contribution in [0.4, 0.5) is 9.52 Å². The summed E-state index contributed by atoms with van der Waals surface area (Å²) >= 11 is 1.72. The second-order valence-electron chi connectivity index (χ2n) is 5.03. The number of para-hydroxylation sites is 1. The van der Waals surface area contributed by atoms with Crippen LogP contribution in [0.2, 0.25) is 0 Å². The van der Waals surface area contributed by atoms with Crippen molar-refractivity contribution in [3.05, 3.63) is 23.8 Å². The van der Waals surface area contributed by atoms with Crippen molar-refractivity contribution in [3.8, 4) is 0 Å². The number of aromatic nitrogens is 1. The molecule has 2 nitrogen and oxygen atoms in total. The minimum Gasteiger partial charge on any atom is -0.348 e. The molecule has 0 radical (unpaired) electrons. The van der Waals surface area contributed by atoms with E-state index in [1.807, 2.05) is 0 Å². The maximum Gasteiger partial charge on any atom is 0.186 e. The van der Waals surface area contributed by atoms with E-state index in [2.05, 4.69) is 30.0 Å². The van der Waals surface area contributed by atoms with Crippen LogP contribution >= 0.6 is 11.3 Å². The fourth-order valence-electron chi connectivity index (χ4n) is 2.57. The minimum atomic E-state index is -0.208. The Morgan fingerprint density at radius 2 is 2.39 bits per heavy atom. The van der Waals surface area contributed by atoms with E-state index in [0.717, 1.165) is 36.6 Å². The number of hydrogen-bond acceptors (Lipinski definition) is 3. The highest BCUT2D eigenvalue weighted by Gasteiger charge is 2.22. The lowest BCUT2D eigenvalue weighted by Crippen LogP contribution is -2.36. The average Bonchev–Trinajstić information content (AvgIpc) is 2.84. The van der Waals surface area contributed by atoms with Gasteiger partial charge in [0.2, 0.25) is 0 Å². The molecule has 2 aromatic rings. The third kappa shape index (κ3) is 2.09. The summed E-state index contributed by atoms with van der Waals surface area (Å²) in [6, 6.07) is 6.27. The molecule has 18 heavy (non-hydrogen) atoms. The molecule has 96 valence electrons. The summed E-state index contributed by atoms with van der Waals surface area (Å²) in [5.41, 5.74) is 2.31. The lowest BCUT2D eigenvalue weighted by atomic mass is 10.0. The average molecular weight is 264 g/mol. The zero-order valence-electron chi connectivity index (χ0n) is 10.5. The molecule has 0 bridgehead atoms. The fraction of sp³-hybridized carbons (Fsp3) is 0.500. The van der Waals surface area contributed by atoms with Crippen molar-refractivity contribution in [2.75, 3.05) is 24.7 Å². The molecule has 1 aromatic carbocycles. The monoisotopic (exact) mass is 264 g/mol. The third-order valence-corrected chi connectivity index (χ3v) is 4.70. The number of thiazole rings is 1. The van der Waals surface area contributed by atoms with E-state index >= 15 is 0 Å². The Labute approximate surface area is 110 Å². The van der Waals surface area contributed by atoms with Gasteiger partial charge in [-0.3, -0.25) is 4.39 Å². The van der Waals surface area contributed by atoms with Gasteiger partial charge in [-0.1, -0.05) is 23.5 Å². The molecule has 4 heteroatoms. The van der Waals surface area contributed by atoms with Crippen molar-refractivity contribution in [2.24, 2.45) is 5.92 Å². The lowest BCUT2D eigenvalue weighted by molar-refractivity contribution is 0.316. The summed E-state index contributed by atoms with van der Waals surface area (Å²) in [6.45, 7) is 3.71. The number of fused-ring (bicyclic) bond motifs is 1. The fourth-order valence-corrected chi connectivity index (χ4v) is 3.65. The summed E-state index contributed by atoms with van der Waals surface area (Å²) in [7, 11) is 0. The van der Waals surface area contributed by atoms with Crippen LogP contribution in [0.1, 0.15) is 18.4 Å². The molecule has 1 fully saturated rings. The predicted octanol–water partition coefficient (Wildman–Crippen LogP) is 3.79. The van der Waals surface area contributed by atoms with Crippen LogP contribution in [0.15, 0.2) is 18.2 Å². The standard InChI is InChI=1S/C14H17FN2S/c1-10-4-2-6-12-13(10)16-14(18-12)17-7-3-5-11(8-15)9-17/h2,4,6,11H,3,5,7-9H2,1H3. The quantitative estimate of drug-likeness (QED) is 0.820. The highest BCUT2D eigenvalue weighted by Crippen LogP contribution is 2.32. The van der Waals surface area contributed by atoms with Crippen LogP contribution in [0.5, 0.6) is 0 Å². The zero-order valence-corrected chi connectivity index (χ0v) is 11.3. The van der Waals surface area contributed by atoms with Gasteiger partial charge in [-0.2, -0.15) is 0 Å². The minimum absolute atomic E-state index is 0.187. The number of aryl methyl sites for hydroxylation is 1. The first-order valence-corrected chi connectivity index (χ1v) is 7.26. The number of rotatable bonds is 2. The molecule has 0 spiro atoms. The molecule has 0 amide bonds. The van der Waals surface area contributed by atoms with Crippen molar-refractivity contribution in [2.45, 2.75) is 19.8 Å². The largest absolute Gasteiger partial charge is 0.348 e. The van der Waals surface area contributed by atoms with Crippen LogP contribution in [0.3, 0.4) is 0 Å². The number of alkyl halides is 1. The molecule has 1 aliphatic heterocycles. The van der Waals surface area contributed by atoms with Crippen molar-refractivity contribution in [3.63, 3.8) is 0 Å². The lowest BCUT2D eigenvalue weighted by Gasteiger charge is -2.30. The van der Waals surface area contributed by atoms with Gasteiger partial charge in [-0.05, 0) is 31.4 Å². The molecule has 1 aromatic heterocycles. The molecule has 0 aliphatic carbocycles. The summed E-state index contributed by atoms with van der Waals surface area (Å²) in [4.78, 5) is 6.97. The number of anilines is 1. The topological polar surface area (TPSA) is 16.1 Å². The van der Waals surface area contributed by atoms with Gasteiger partial charge in [-0.15, -0.1) is 0 Å². The van der Waals surface area contributed by atoms with Gasteiger partial charge in [0.25, 0.3) is 0 Å². The Morgan fingerprint density at radius 1 is 1.50 bits per heavy atom. The molecule has 1 atom stereocenters. The third-order valence-electron chi connectivity index (χ3n) is 3.62. The second-order valence-corrected chi connectivity index (χ2v) is 6.04. The Kier molecular flexibility index (Phi) is 3.20. The van der Waals surface area contributed by atoms with Gasteiger partial charge in [0, 0.05) is 19.0 Å². The van der Waals surface area contributed by atoms with Crippen molar-refractivity contribution < 1.29 is 4.39 Å². The normalized spacial score (nSPS) is 20.6. The molecule has 1 unspecified atom stereocenters. The van der Waals surface area contributed by atoms with Crippen molar-refractivity contribution >= 4 is 26.7 Å². The highest BCUT2D eigenvalue weighted by molar-refractivity contribution is 7.22. The number of piperidine rings is 1. The van der Waals surface area contributed by atoms with E-state index in [0.29, 0.717) is 0 Å². The van der Waals surface area contributed by atoms with E-state index in [1.165, 1.54) is 10.3 Å². The SMILES string of the molecule is Cc1cccc2sc(N3CCCC(CF)C3)nc12. The molecule has 1 aliphatic rings. The van der Waals surface area contributed by atoms with Gasteiger partial charge in [0.1, 0.15) is 0 Å². The van der Waals surface area contributed by atoms with Crippen LogP contribution in [0.25, 0.3) is 10.2 Å². The summed E-state index contributed by atoms with van der Waals surface area (Å²) in [5.74, 6) is 0.187. The van der Waals surface area contributed by atoms with E-state index in [1.54, 1.807) is 11.3 Å². The number of benzene rings is 1. The molecule has 2 heterocycles. The maximum atomic E-state index is 12.8. The number of hydrogen-bond donors (Lipinski definition) is 0. The molecule has 0 saturated carbocycles. The molecule has 1 saturated heterocycles. The summed E-state index contributed by atoms with van der Waals surface area (Å²) in [6.07, 6.45) is 2.08. The van der Waals surface area contributed by atoms with Crippen LogP contribution in [-0.2, 0) is 0 Å². The van der Waals surface area contributed by atoms with Crippen LogP contribution < -0.4 is 4.90 Å². The second kappa shape index (κ2) is 4.84. The first-order valence-electron chi connectivity index (χ1n) is 6.45. The maximum absolute atomic E-state index is 12.8. The smallest absolute Gasteiger partial charge is 0.186 e. The predicted molar refractivity (Wildman–Crippen MR) is 75.3 cm³/mol. The van der Waals surface area contributed by atoms with Gasteiger partial charge >= 0.3 is 0 Å². The Hall–Kier alpha value is -1.16. The number of nitrogens with zero attached hydrogens (tertiary/aromatic N) is 2. The first kappa shape index (κ1) is 11.9. The Bertz CT molecular complexity index is 552. The van der Waals surface area contributed by atoms with Gasteiger partial charge in [-0.25, -0.2) is 4.98 Å². The Balaban J connectivity index is 1.92. The molecule has 0 N–H and O–H groups in total. The molecule has 3 rings (SSSR count). The summed E-state index contributed by atoms with van der Waals surface area (Å²) in [5, 5.41) is 1.05. The van der Waals surface area contributed by atoms with Crippen LogP contribution in [0, 0.1) is 12.8 Å². The van der Waals surface area contributed by atoms with Crippen molar-refractivity contribution in [1.29, 1.82) is 0 Å². The highest BCUT2D eigenvalue weighted by atomic mass is 32.1. The van der Waals surface area contributed by atoms with Gasteiger partial charge in [0.05, 0.1) is 16.9 Å². The van der Waals surface area contributed by atoms with Crippen molar-refractivity contribution in [1.82, 2.24) is 4.98 Å². The Morgan fingerprint density at radius 3 is 3.17 bits per heavy atom. The van der Waals surface area contributed by atoms with Gasteiger partial charge < -0.3 is 4.90 Å². The molecular weight excluding hydrogens is 247 g/mol.